The molecule has 2 atom stereocenters. The minimum atomic E-state index is -0.109. The summed E-state index contributed by atoms with van der Waals surface area (Å²) >= 11 is 0. The number of amides is 1. The van der Waals surface area contributed by atoms with Gasteiger partial charge in [-0.25, -0.2) is 0 Å². The highest BCUT2D eigenvalue weighted by molar-refractivity contribution is 5.94. The maximum atomic E-state index is 12.4. The van der Waals surface area contributed by atoms with E-state index in [1.807, 2.05) is 26.0 Å². The normalized spacial score (nSPS) is 21.9. The quantitative estimate of drug-likeness (QED) is 0.867. The van der Waals surface area contributed by atoms with Gasteiger partial charge in [-0.3, -0.25) is 4.79 Å². The summed E-state index contributed by atoms with van der Waals surface area (Å²) in [6.07, 6.45) is 1.06. The summed E-state index contributed by atoms with van der Waals surface area (Å²) in [6, 6.07) is 6.18. The maximum absolute atomic E-state index is 12.4. The third-order valence-electron chi connectivity index (χ3n) is 3.71. The molecule has 1 aromatic rings. The molecule has 2 N–H and O–H groups in total. The van der Waals surface area contributed by atoms with Crippen molar-refractivity contribution in [3.05, 3.63) is 29.3 Å². The molecule has 1 amide bonds. The molecule has 110 valence electrons. The van der Waals surface area contributed by atoms with Crippen molar-refractivity contribution in [2.45, 2.75) is 33.2 Å². The molecule has 0 spiro atoms. The highest BCUT2D eigenvalue weighted by atomic mass is 16.5. The molecule has 4 nitrogen and oxygen atoms in total. The van der Waals surface area contributed by atoms with Crippen molar-refractivity contribution in [1.29, 1.82) is 0 Å². The number of rotatable bonds is 5. The van der Waals surface area contributed by atoms with Gasteiger partial charge in [0.2, 0.25) is 5.91 Å². The Morgan fingerprint density at radius 3 is 2.85 bits per heavy atom. The SMILES string of the molecule is CCCNC1COCC1C(=O)Nc1ccc(C)cc1C. The number of hydrogen-bond donors (Lipinski definition) is 2. The Morgan fingerprint density at radius 1 is 1.35 bits per heavy atom. The Kier molecular flexibility index (Phi) is 5.15. The van der Waals surface area contributed by atoms with Crippen molar-refractivity contribution in [3.63, 3.8) is 0 Å². The standard InChI is InChI=1S/C16H24N2O2/c1-4-7-17-15-10-20-9-13(15)16(19)18-14-6-5-11(2)8-12(14)3/h5-6,8,13,15,17H,4,7,9-10H2,1-3H3,(H,18,19). The fraction of sp³-hybridized carbons (Fsp3) is 0.562. The second-order valence-corrected chi connectivity index (χ2v) is 5.51. The molecule has 1 saturated heterocycles. The lowest BCUT2D eigenvalue weighted by Crippen LogP contribution is -2.41. The van der Waals surface area contributed by atoms with Gasteiger partial charge in [0.15, 0.2) is 0 Å². The number of ether oxygens (including phenoxy) is 1. The van der Waals surface area contributed by atoms with Gasteiger partial charge in [-0.1, -0.05) is 24.6 Å². The van der Waals surface area contributed by atoms with Gasteiger partial charge in [0.25, 0.3) is 0 Å². The second kappa shape index (κ2) is 6.86. The zero-order chi connectivity index (χ0) is 14.5. The van der Waals surface area contributed by atoms with Crippen LogP contribution >= 0.6 is 0 Å². The van der Waals surface area contributed by atoms with Crippen LogP contribution in [0.5, 0.6) is 0 Å². The lowest BCUT2D eigenvalue weighted by atomic mass is 10.0. The Hall–Kier alpha value is -1.39. The van der Waals surface area contributed by atoms with Gasteiger partial charge < -0.3 is 15.4 Å². The average molecular weight is 276 g/mol. The molecule has 0 radical (unpaired) electrons. The van der Waals surface area contributed by atoms with Crippen LogP contribution in [-0.2, 0) is 9.53 Å². The van der Waals surface area contributed by atoms with Crippen molar-refractivity contribution < 1.29 is 9.53 Å². The first-order chi connectivity index (χ1) is 9.61. The second-order valence-electron chi connectivity index (χ2n) is 5.51. The molecular formula is C16H24N2O2. The van der Waals surface area contributed by atoms with Crippen molar-refractivity contribution in [2.24, 2.45) is 5.92 Å². The van der Waals surface area contributed by atoms with Gasteiger partial charge in [0.1, 0.15) is 0 Å². The van der Waals surface area contributed by atoms with E-state index < -0.39 is 0 Å². The van der Waals surface area contributed by atoms with Crippen molar-refractivity contribution in [2.75, 3.05) is 25.1 Å². The fourth-order valence-electron chi connectivity index (χ4n) is 2.52. The van der Waals surface area contributed by atoms with Crippen molar-refractivity contribution >= 4 is 11.6 Å². The van der Waals surface area contributed by atoms with Gasteiger partial charge >= 0.3 is 0 Å². The molecule has 0 saturated carbocycles. The Morgan fingerprint density at radius 2 is 2.15 bits per heavy atom. The summed E-state index contributed by atoms with van der Waals surface area (Å²) in [5.41, 5.74) is 3.18. The van der Waals surface area contributed by atoms with Crippen molar-refractivity contribution in [3.8, 4) is 0 Å². The van der Waals surface area contributed by atoms with Crippen LogP contribution in [0.15, 0.2) is 18.2 Å². The lowest BCUT2D eigenvalue weighted by molar-refractivity contribution is -0.120. The van der Waals surface area contributed by atoms with E-state index in [1.54, 1.807) is 0 Å². The number of benzene rings is 1. The molecule has 0 aliphatic carbocycles. The zero-order valence-corrected chi connectivity index (χ0v) is 12.5. The van der Waals surface area contributed by atoms with E-state index in [2.05, 4.69) is 23.6 Å². The Labute approximate surface area is 120 Å². The number of carbonyl (C=O) groups is 1. The van der Waals surface area contributed by atoms with Crippen LogP contribution in [0, 0.1) is 19.8 Å². The minimum absolute atomic E-state index is 0.0445. The molecule has 0 aromatic heterocycles. The molecule has 2 unspecified atom stereocenters. The molecular weight excluding hydrogens is 252 g/mol. The van der Waals surface area contributed by atoms with Gasteiger partial charge in [0, 0.05) is 11.7 Å². The number of aryl methyl sites for hydroxylation is 2. The topological polar surface area (TPSA) is 50.4 Å². The summed E-state index contributed by atoms with van der Waals surface area (Å²) in [4.78, 5) is 12.4. The predicted molar refractivity (Wildman–Crippen MR) is 80.9 cm³/mol. The van der Waals surface area contributed by atoms with Crippen molar-refractivity contribution in [1.82, 2.24) is 5.32 Å². The summed E-state index contributed by atoms with van der Waals surface area (Å²) in [5.74, 6) is -0.0645. The smallest absolute Gasteiger partial charge is 0.231 e. The largest absolute Gasteiger partial charge is 0.379 e. The Balaban J connectivity index is 2.00. The highest BCUT2D eigenvalue weighted by Gasteiger charge is 2.33. The van der Waals surface area contributed by atoms with E-state index in [-0.39, 0.29) is 17.9 Å². The lowest BCUT2D eigenvalue weighted by Gasteiger charge is -2.19. The summed E-state index contributed by atoms with van der Waals surface area (Å²) < 4.78 is 5.45. The highest BCUT2D eigenvalue weighted by Crippen LogP contribution is 2.20. The molecule has 1 aromatic carbocycles. The molecule has 20 heavy (non-hydrogen) atoms. The maximum Gasteiger partial charge on any atom is 0.231 e. The fourth-order valence-corrected chi connectivity index (χ4v) is 2.52. The zero-order valence-electron chi connectivity index (χ0n) is 12.5. The molecule has 0 bridgehead atoms. The molecule has 1 aliphatic rings. The van der Waals surface area contributed by atoms with E-state index >= 15 is 0 Å². The molecule has 1 heterocycles. The first-order valence-electron chi connectivity index (χ1n) is 7.31. The molecule has 1 aliphatic heterocycles. The average Bonchev–Trinajstić information content (AvgIpc) is 2.88. The number of anilines is 1. The number of nitrogens with one attached hydrogen (secondary N) is 2. The Bertz CT molecular complexity index is 474. The monoisotopic (exact) mass is 276 g/mol. The summed E-state index contributed by atoms with van der Waals surface area (Å²) in [5, 5.41) is 6.41. The van der Waals surface area contributed by atoms with E-state index in [1.165, 1.54) is 5.56 Å². The van der Waals surface area contributed by atoms with Crippen LogP contribution < -0.4 is 10.6 Å². The van der Waals surface area contributed by atoms with Gasteiger partial charge in [-0.2, -0.15) is 0 Å². The van der Waals surface area contributed by atoms with Crippen LogP contribution in [0.3, 0.4) is 0 Å². The van der Waals surface area contributed by atoms with E-state index in [0.29, 0.717) is 13.2 Å². The summed E-state index contributed by atoms with van der Waals surface area (Å²) in [6.45, 7) is 8.21. The van der Waals surface area contributed by atoms with E-state index in [9.17, 15) is 4.79 Å². The van der Waals surface area contributed by atoms with Gasteiger partial charge in [-0.15, -0.1) is 0 Å². The van der Waals surface area contributed by atoms with E-state index in [0.717, 1.165) is 24.2 Å². The first kappa shape index (κ1) is 15.0. The summed E-state index contributed by atoms with van der Waals surface area (Å²) in [7, 11) is 0. The predicted octanol–water partition coefficient (Wildman–Crippen LogP) is 2.26. The number of hydrogen-bond acceptors (Lipinski definition) is 3. The molecule has 1 fully saturated rings. The third kappa shape index (κ3) is 3.58. The molecule has 4 heteroatoms. The van der Waals surface area contributed by atoms with Crippen LogP contribution in [0.25, 0.3) is 0 Å². The van der Waals surface area contributed by atoms with Crippen LogP contribution in [0.1, 0.15) is 24.5 Å². The van der Waals surface area contributed by atoms with Gasteiger partial charge in [0.05, 0.1) is 19.1 Å². The molecule has 2 rings (SSSR count). The van der Waals surface area contributed by atoms with Gasteiger partial charge in [-0.05, 0) is 38.4 Å². The van der Waals surface area contributed by atoms with Crippen LogP contribution in [0.4, 0.5) is 5.69 Å². The minimum Gasteiger partial charge on any atom is -0.379 e. The number of carbonyl (C=O) groups excluding carboxylic acids is 1. The third-order valence-corrected chi connectivity index (χ3v) is 3.71. The van der Waals surface area contributed by atoms with Crippen LogP contribution in [-0.4, -0.2) is 31.7 Å². The van der Waals surface area contributed by atoms with E-state index in [4.69, 9.17) is 4.74 Å². The van der Waals surface area contributed by atoms with Crippen LogP contribution in [0.2, 0.25) is 0 Å². The first-order valence-corrected chi connectivity index (χ1v) is 7.31.